The fourth-order valence-electron chi connectivity index (χ4n) is 8.63. The maximum absolute atomic E-state index is 15.3. The molecule has 1 aliphatic heterocycles. The Morgan fingerprint density at radius 1 is 0.722 bits per heavy atom. The van der Waals surface area contributed by atoms with Crippen LogP contribution in [-0.4, -0.2) is 147 Å². The van der Waals surface area contributed by atoms with Gasteiger partial charge in [-0.2, -0.15) is 0 Å². The van der Waals surface area contributed by atoms with Crippen LogP contribution in [0.15, 0.2) is 97.2 Å². The predicted octanol–water partition coefficient (Wildman–Crippen LogP) is 5.53. The number of imide groups is 1. The number of benzene rings is 3. The van der Waals surface area contributed by atoms with Gasteiger partial charge in [-0.3, -0.25) is 38.5 Å². The van der Waals surface area contributed by atoms with E-state index in [1.807, 2.05) is 61.7 Å². The van der Waals surface area contributed by atoms with E-state index in [9.17, 15) is 38.0 Å². The van der Waals surface area contributed by atoms with Crippen molar-refractivity contribution in [3.63, 3.8) is 0 Å². The van der Waals surface area contributed by atoms with Crippen molar-refractivity contribution in [1.82, 2.24) is 30.3 Å². The predicted molar refractivity (Wildman–Crippen MR) is 293 cm³/mol. The Balaban J connectivity index is 1.04. The van der Waals surface area contributed by atoms with Crippen LogP contribution < -0.4 is 27.0 Å². The van der Waals surface area contributed by atoms with Crippen molar-refractivity contribution in [1.29, 1.82) is 0 Å². The molecule has 0 fully saturated rings. The molecule has 19 nitrogen and oxygen atoms in total. The molecule has 3 atom stereocenters. The van der Waals surface area contributed by atoms with Crippen molar-refractivity contribution in [2.24, 2.45) is 17.1 Å². The molecule has 3 aromatic carbocycles. The van der Waals surface area contributed by atoms with Gasteiger partial charge in [0.25, 0.3) is 17.7 Å². The van der Waals surface area contributed by atoms with Gasteiger partial charge < -0.3 is 55.4 Å². The minimum absolute atomic E-state index is 0.00577. The summed E-state index contributed by atoms with van der Waals surface area (Å²) in [4.78, 5) is 92.1. The van der Waals surface area contributed by atoms with Gasteiger partial charge in [0.1, 0.15) is 23.7 Å². The molecule has 5 rings (SSSR count). The van der Waals surface area contributed by atoms with Crippen LogP contribution in [0.5, 0.6) is 0 Å². The second-order valence-corrected chi connectivity index (χ2v) is 20.3. The fraction of sp³-hybridized carbons (Fsp3) is 0.466. The zero-order valence-electron chi connectivity index (χ0n) is 46.0. The molecule has 6 N–H and O–H groups in total. The molecule has 1 unspecified atom stereocenters. The molecule has 0 saturated carbocycles. The number of anilines is 1. The molecule has 1 aromatic heterocycles. The van der Waals surface area contributed by atoms with Gasteiger partial charge in [-0.1, -0.05) is 65.0 Å². The second-order valence-electron chi connectivity index (χ2n) is 20.3. The fourth-order valence-corrected chi connectivity index (χ4v) is 8.63. The smallest absolute Gasteiger partial charge is 0.254 e. The van der Waals surface area contributed by atoms with Crippen molar-refractivity contribution in [3.05, 3.63) is 126 Å². The summed E-state index contributed by atoms with van der Waals surface area (Å²) in [5, 5.41) is 10.9. The van der Waals surface area contributed by atoms with E-state index in [4.69, 9.17) is 24.7 Å². The Labute approximate surface area is 460 Å². The molecule has 0 radical (unpaired) electrons. The third-order valence-electron chi connectivity index (χ3n) is 12.7. The van der Waals surface area contributed by atoms with E-state index < -0.39 is 64.7 Å². The first kappa shape index (κ1) is 62.7. The molecule has 0 bridgehead atoms. The molecule has 7 amide bonds. The van der Waals surface area contributed by atoms with Crippen LogP contribution in [0, 0.1) is 23.0 Å². The molecule has 79 heavy (non-hydrogen) atoms. The first-order valence-electron chi connectivity index (χ1n) is 26.6. The van der Waals surface area contributed by atoms with Crippen LogP contribution in [0.3, 0.4) is 0 Å². The van der Waals surface area contributed by atoms with Gasteiger partial charge in [-0.05, 0) is 85.3 Å². The van der Waals surface area contributed by atoms with Crippen LogP contribution in [0.2, 0.25) is 0 Å². The lowest BCUT2D eigenvalue weighted by Gasteiger charge is -2.41. The lowest BCUT2D eigenvalue weighted by Crippen LogP contribution is -2.53. The lowest BCUT2D eigenvalue weighted by molar-refractivity contribution is -0.137. The number of hydrogen-bond donors (Lipinski definition) is 5. The van der Waals surface area contributed by atoms with Gasteiger partial charge >= 0.3 is 0 Å². The average molecular weight is 1100 g/mol. The Morgan fingerprint density at radius 3 is 1.95 bits per heavy atom. The van der Waals surface area contributed by atoms with Gasteiger partial charge in [0.15, 0.2) is 0 Å². The number of nitrogens with one attached hydrogen (secondary N) is 4. The number of rotatable bonds is 33. The Hall–Kier alpha value is -7.17. The summed E-state index contributed by atoms with van der Waals surface area (Å²) < 4.78 is 53.7. The molecular formula is C58H76F2N8O11. The first-order valence-corrected chi connectivity index (χ1v) is 26.6. The highest BCUT2D eigenvalue weighted by Crippen LogP contribution is 2.42. The summed E-state index contributed by atoms with van der Waals surface area (Å²) in [7, 11) is 0. The summed E-state index contributed by atoms with van der Waals surface area (Å²) in [6.45, 7) is 14.5. The van der Waals surface area contributed by atoms with Crippen LogP contribution >= 0.6 is 0 Å². The third-order valence-corrected chi connectivity index (χ3v) is 12.7. The van der Waals surface area contributed by atoms with Crippen molar-refractivity contribution < 1.29 is 61.3 Å². The van der Waals surface area contributed by atoms with Gasteiger partial charge in [0, 0.05) is 85.4 Å². The average Bonchev–Trinajstić information content (AvgIpc) is 4.06. The monoisotopic (exact) mass is 1100 g/mol. The molecule has 0 aliphatic carbocycles. The van der Waals surface area contributed by atoms with Gasteiger partial charge in [0.2, 0.25) is 23.6 Å². The van der Waals surface area contributed by atoms with E-state index in [1.165, 1.54) is 19.1 Å². The van der Waals surface area contributed by atoms with E-state index >= 15 is 4.39 Å². The number of ether oxygens (including phenoxy) is 4. The topological polar surface area (TPSA) is 242 Å². The minimum atomic E-state index is -1.00. The van der Waals surface area contributed by atoms with E-state index in [1.54, 1.807) is 49.2 Å². The Bertz CT molecular complexity index is 2680. The molecule has 2 heterocycles. The van der Waals surface area contributed by atoms with E-state index in [-0.39, 0.29) is 75.7 Å². The molecule has 1 aliphatic rings. The highest BCUT2D eigenvalue weighted by Gasteiger charge is 2.38. The minimum Gasteiger partial charge on any atom is -0.379 e. The highest BCUT2D eigenvalue weighted by molar-refractivity contribution is 6.13. The normalized spacial score (nSPS) is 13.6. The number of nitrogens with two attached hydrogens (primary N) is 1. The number of aromatic nitrogens is 1. The van der Waals surface area contributed by atoms with Crippen molar-refractivity contribution in [2.75, 3.05) is 84.4 Å². The number of hydrogen-bond acceptors (Lipinski definition) is 12. The quantitative estimate of drug-likeness (QED) is 0.0292. The zero-order chi connectivity index (χ0) is 57.5. The van der Waals surface area contributed by atoms with Gasteiger partial charge in [0.05, 0.1) is 58.9 Å². The Morgan fingerprint density at radius 2 is 1.34 bits per heavy atom. The van der Waals surface area contributed by atoms with Crippen molar-refractivity contribution >= 4 is 47.0 Å². The van der Waals surface area contributed by atoms with E-state index in [0.717, 1.165) is 34.4 Å². The van der Waals surface area contributed by atoms with Crippen molar-refractivity contribution in [3.8, 4) is 11.1 Å². The zero-order valence-corrected chi connectivity index (χ0v) is 46.0. The van der Waals surface area contributed by atoms with Gasteiger partial charge in [-0.15, -0.1) is 0 Å². The summed E-state index contributed by atoms with van der Waals surface area (Å²) in [5.74, 6) is -4.41. The number of carbonyl (C=O) groups is 7. The maximum atomic E-state index is 15.3. The number of amides is 7. The summed E-state index contributed by atoms with van der Waals surface area (Å²) >= 11 is 0. The summed E-state index contributed by atoms with van der Waals surface area (Å²) in [6, 6.07) is 18.8. The van der Waals surface area contributed by atoms with E-state index in [0.29, 0.717) is 69.3 Å². The molecular weight excluding hydrogens is 1020 g/mol. The number of halogens is 2. The number of carbonyl (C=O) groups excluding carboxylic acids is 7. The maximum Gasteiger partial charge on any atom is 0.254 e. The summed E-state index contributed by atoms with van der Waals surface area (Å²) in [6.07, 6.45) is 4.61. The van der Waals surface area contributed by atoms with Crippen LogP contribution in [-0.2, 0) is 54.3 Å². The molecule has 0 spiro atoms. The third kappa shape index (κ3) is 19.9. The van der Waals surface area contributed by atoms with E-state index in [2.05, 4.69) is 21.3 Å². The second kappa shape index (κ2) is 31.4. The Kier molecular flexibility index (Phi) is 24.9. The molecule has 4 aromatic rings. The number of nitrogens with zero attached hydrogens (tertiary/aromatic N) is 3. The van der Waals surface area contributed by atoms with Gasteiger partial charge in [-0.25, -0.2) is 8.78 Å². The standard InChI is InChI=1S/C58H76F2N8O11/c1-39(2)53(65-50(70)22-27-76-29-31-78-33-34-79-32-30-77-28-24-62-49(69)21-26-67-51(71)19-20-52(67)72)56(74)63-40(3)55(73)64-45-16-13-42(14-17-45)57(75)68(25-10-23-61)54(58(4,5)6)48-35-43(46-36-44(59)15-18-47(46)60)38-66(48)37-41-11-8-7-9-12-41/h7-9,11-20,35-36,38-40,53-54H,10,21-34,37,61H2,1-6H3,(H,62,69)(H,63,74)(H,64,73)(H,65,70)/t40-,53?,54-/m0/s1. The lowest BCUT2D eigenvalue weighted by atomic mass is 9.82. The highest BCUT2D eigenvalue weighted by atomic mass is 19.1. The first-order chi connectivity index (χ1) is 37.8. The largest absolute Gasteiger partial charge is 0.379 e. The van der Waals surface area contributed by atoms with Crippen LogP contribution in [0.1, 0.15) is 88.5 Å². The molecule has 21 heteroatoms. The SMILES string of the molecule is CC(C)C(NC(=O)CCOCCOCCOCCOCCNC(=O)CCN1C(=O)C=CC1=O)C(=O)N[C@@H](C)C(=O)Nc1ccc(C(=O)N(CCCN)[C@@H](c2cc(-c3cc(F)ccc3F)cn2Cc2ccccc2)C(C)(C)C)cc1. The molecule has 428 valence electrons. The van der Waals surface area contributed by atoms with Crippen LogP contribution in [0.4, 0.5) is 14.5 Å². The van der Waals surface area contributed by atoms with Crippen molar-refractivity contribution in [2.45, 2.75) is 85.5 Å². The summed E-state index contributed by atoms with van der Waals surface area (Å²) in [5.41, 5.74) is 8.42. The van der Waals surface area contributed by atoms with Crippen LogP contribution in [0.25, 0.3) is 11.1 Å². The molecule has 0 saturated heterocycles.